The van der Waals surface area contributed by atoms with Gasteiger partial charge in [0.05, 0.1) is 13.2 Å². The number of rotatable bonds is 4. The summed E-state index contributed by atoms with van der Waals surface area (Å²) in [5.41, 5.74) is 7.59. The molecular weight excluding hydrogens is 438 g/mol. The van der Waals surface area contributed by atoms with E-state index in [-0.39, 0.29) is 23.7 Å². The second kappa shape index (κ2) is 8.41. The average molecular weight is 480 g/mol. The molecule has 2 aliphatic heterocycles. The Kier molecular flexibility index (Phi) is 5.88. The van der Waals surface area contributed by atoms with Crippen LogP contribution in [0.3, 0.4) is 0 Å². The third kappa shape index (κ3) is 3.82. The summed E-state index contributed by atoms with van der Waals surface area (Å²) in [5.74, 6) is 2.80. The Morgan fingerprint density at radius 1 is 1.14 bits per heavy atom. The van der Waals surface area contributed by atoms with Crippen LogP contribution in [-0.2, 0) is 17.3 Å². The van der Waals surface area contributed by atoms with Crippen molar-refractivity contribution < 1.29 is 19.3 Å². The van der Waals surface area contributed by atoms with Crippen LogP contribution in [0.2, 0.25) is 0 Å². The predicted molar refractivity (Wildman–Crippen MR) is 139 cm³/mol. The van der Waals surface area contributed by atoms with Gasteiger partial charge >= 0.3 is 0 Å². The van der Waals surface area contributed by atoms with Gasteiger partial charge in [0.25, 0.3) is 0 Å². The number of fused-ring (bicyclic) bond motifs is 3. The van der Waals surface area contributed by atoms with Crippen molar-refractivity contribution in [1.29, 1.82) is 0 Å². The quantitative estimate of drug-likeness (QED) is 0.585. The molecular formula is C30H41NO4. The van der Waals surface area contributed by atoms with Gasteiger partial charge < -0.3 is 19.3 Å². The van der Waals surface area contributed by atoms with E-state index in [9.17, 15) is 5.11 Å². The number of aliphatic hydroxyl groups excluding tert-OH is 1. The molecule has 2 aromatic carbocycles. The van der Waals surface area contributed by atoms with Crippen LogP contribution in [-0.4, -0.2) is 37.5 Å². The maximum absolute atomic E-state index is 11.7. The Bertz CT molecular complexity index is 1150. The smallest absolute Gasteiger partial charge is 0.231 e. The lowest BCUT2D eigenvalue weighted by Crippen LogP contribution is -2.40. The molecule has 35 heavy (non-hydrogen) atoms. The zero-order valence-corrected chi connectivity index (χ0v) is 22.6. The summed E-state index contributed by atoms with van der Waals surface area (Å²) in [6, 6.07) is 6.78. The van der Waals surface area contributed by atoms with E-state index in [1.807, 2.05) is 0 Å². The number of methoxy groups -OCH3 is 1. The molecule has 0 saturated heterocycles. The summed E-state index contributed by atoms with van der Waals surface area (Å²) >= 11 is 0. The fourth-order valence-corrected chi connectivity index (χ4v) is 6.73. The third-order valence-corrected chi connectivity index (χ3v) is 9.23. The van der Waals surface area contributed by atoms with Crippen LogP contribution in [0.5, 0.6) is 17.2 Å². The predicted octanol–water partition coefficient (Wildman–Crippen LogP) is 5.98. The zero-order chi connectivity index (χ0) is 25.3. The highest BCUT2D eigenvalue weighted by Crippen LogP contribution is 2.52. The molecule has 0 aromatic heterocycles. The highest BCUT2D eigenvalue weighted by molar-refractivity contribution is 5.62. The van der Waals surface area contributed by atoms with Gasteiger partial charge in [-0.15, -0.1) is 0 Å². The van der Waals surface area contributed by atoms with Crippen LogP contribution in [0.1, 0.15) is 93.0 Å². The summed E-state index contributed by atoms with van der Waals surface area (Å²) in [6.45, 7) is 15.1. The number of benzene rings is 2. The third-order valence-electron chi connectivity index (χ3n) is 9.23. The lowest BCUT2D eigenvalue weighted by molar-refractivity contribution is 0.107. The first-order chi connectivity index (χ1) is 16.5. The molecule has 3 atom stereocenters. The number of nitrogens with zero attached hydrogens (tertiary/aromatic N) is 1. The molecule has 2 aromatic rings. The van der Waals surface area contributed by atoms with Gasteiger partial charge in [-0.2, -0.15) is 0 Å². The SMILES string of the molecule is COc1c2c(cc3c1[C@@H](C[C@@H](O)c1cc4c(cc1C)C(C)(C)[C@H](C)CC4(C)C)N(C)CC3)OCO2. The minimum atomic E-state index is -0.577. The van der Waals surface area contributed by atoms with Crippen LogP contribution in [0.4, 0.5) is 0 Å². The van der Waals surface area contributed by atoms with Crippen LogP contribution >= 0.6 is 0 Å². The van der Waals surface area contributed by atoms with Gasteiger partial charge in [-0.1, -0.05) is 46.8 Å². The molecule has 1 N–H and O–H groups in total. The van der Waals surface area contributed by atoms with Crippen molar-refractivity contribution in [3.63, 3.8) is 0 Å². The second-order valence-corrected chi connectivity index (χ2v) is 12.2. The van der Waals surface area contributed by atoms with Crippen LogP contribution in [0, 0.1) is 12.8 Å². The van der Waals surface area contributed by atoms with Crippen molar-refractivity contribution in [3.8, 4) is 17.2 Å². The van der Waals surface area contributed by atoms with E-state index in [4.69, 9.17) is 14.2 Å². The number of aryl methyl sites for hydroxylation is 1. The number of likely N-dealkylation sites (N-methyl/N-ethyl adjacent to an activating group) is 1. The van der Waals surface area contributed by atoms with E-state index < -0.39 is 6.10 Å². The highest BCUT2D eigenvalue weighted by atomic mass is 16.7. The standard InChI is InChI=1S/C30H41NO4/c1-17-11-22-21(29(3,4)15-18(2)30(22,5)6)13-20(17)24(32)14-23-26-19(9-10-31(23)7)12-25-27(28(26)33-8)35-16-34-25/h11-13,18,23-24,32H,9-10,14-16H2,1-8H3/t18-,23-,24-/m1/s1. The maximum atomic E-state index is 11.7. The molecule has 0 unspecified atom stereocenters. The van der Waals surface area contributed by atoms with Crippen molar-refractivity contribution in [1.82, 2.24) is 4.90 Å². The van der Waals surface area contributed by atoms with Crippen molar-refractivity contribution in [2.24, 2.45) is 5.92 Å². The molecule has 0 radical (unpaired) electrons. The Labute approximate surface area is 210 Å². The monoisotopic (exact) mass is 479 g/mol. The molecule has 0 spiro atoms. The van der Waals surface area contributed by atoms with E-state index in [0.29, 0.717) is 18.1 Å². The molecule has 0 amide bonds. The van der Waals surface area contributed by atoms with Gasteiger partial charge in [0, 0.05) is 18.2 Å². The van der Waals surface area contributed by atoms with Crippen molar-refractivity contribution >= 4 is 0 Å². The average Bonchev–Trinajstić information content (AvgIpc) is 3.26. The molecule has 1 aliphatic carbocycles. The molecule has 0 bridgehead atoms. The summed E-state index contributed by atoms with van der Waals surface area (Å²) in [4.78, 5) is 2.33. The number of ether oxygens (including phenoxy) is 3. The fraction of sp³-hybridized carbons (Fsp3) is 0.600. The number of hydrogen-bond donors (Lipinski definition) is 1. The highest BCUT2D eigenvalue weighted by Gasteiger charge is 2.43. The van der Waals surface area contributed by atoms with Gasteiger partial charge in [-0.3, -0.25) is 4.90 Å². The Hall–Kier alpha value is -2.24. The van der Waals surface area contributed by atoms with Crippen molar-refractivity contribution in [2.75, 3.05) is 27.5 Å². The van der Waals surface area contributed by atoms with E-state index in [1.54, 1.807) is 7.11 Å². The first-order valence-electron chi connectivity index (χ1n) is 13.0. The van der Waals surface area contributed by atoms with Crippen LogP contribution < -0.4 is 14.2 Å². The first kappa shape index (κ1) is 24.5. The molecule has 0 fully saturated rings. The maximum Gasteiger partial charge on any atom is 0.231 e. The van der Waals surface area contributed by atoms with Gasteiger partial charge in [-0.05, 0) is 83.9 Å². The minimum Gasteiger partial charge on any atom is -0.492 e. The lowest BCUT2D eigenvalue weighted by atomic mass is 9.58. The molecule has 5 rings (SSSR count). The van der Waals surface area contributed by atoms with E-state index >= 15 is 0 Å². The van der Waals surface area contributed by atoms with E-state index in [1.165, 1.54) is 22.3 Å². The van der Waals surface area contributed by atoms with E-state index in [2.05, 4.69) is 71.7 Å². The van der Waals surface area contributed by atoms with E-state index in [0.717, 1.165) is 42.0 Å². The second-order valence-electron chi connectivity index (χ2n) is 12.2. The molecule has 190 valence electrons. The normalized spacial score (nSPS) is 25.1. The summed E-state index contributed by atoms with van der Waals surface area (Å²) in [6.07, 6.45) is 2.09. The molecule has 5 heteroatoms. The summed E-state index contributed by atoms with van der Waals surface area (Å²) < 4.78 is 17.3. The zero-order valence-electron chi connectivity index (χ0n) is 22.6. The van der Waals surface area contributed by atoms with Gasteiger partial charge in [-0.25, -0.2) is 0 Å². The van der Waals surface area contributed by atoms with Crippen LogP contribution in [0.15, 0.2) is 18.2 Å². The minimum absolute atomic E-state index is 0.0260. The largest absolute Gasteiger partial charge is 0.492 e. The molecule has 5 nitrogen and oxygen atoms in total. The Morgan fingerprint density at radius 2 is 1.89 bits per heavy atom. The van der Waals surface area contributed by atoms with Gasteiger partial charge in [0.2, 0.25) is 12.5 Å². The summed E-state index contributed by atoms with van der Waals surface area (Å²) in [5, 5.41) is 11.7. The molecule has 0 saturated carbocycles. The number of aliphatic hydroxyl groups is 1. The fourth-order valence-electron chi connectivity index (χ4n) is 6.73. The van der Waals surface area contributed by atoms with Crippen molar-refractivity contribution in [2.45, 2.75) is 83.8 Å². The number of hydrogen-bond acceptors (Lipinski definition) is 5. The topological polar surface area (TPSA) is 51.2 Å². The molecule has 3 aliphatic rings. The van der Waals surface area contributed by atoms with Crippen LogP contribution in [0.25, 0.3) is 0 Å². The molecule has 2 heterocycles. The lowest BCUT2D eigenvalue weighted by Gasteiger charge is -2.47. The summed E-state index contributed by atoms with van der Waals surface area (Å²) in [7, 11) is 3.83. The van der Waals surface area contributed by atoms with Gasteiger partial charge in [0.1, 0.15) is 0 Å². The first-order valence-corrected chi connectivity index (χ1v) is 13.0. The van der Waals surface area contributed by atoms with Crippen molar-refractivity contribution in [3.05, 3.63) is 51.6 Å². The van der Waals surface area contributed by atoms with Gasteiger partial charge in [0.15, 0.2) is 11.5 Å². The Morgan fingerprint density at radius 3 is 2.60 bits per heavy atom. The Balaban J connectivity index is 1.54.